The number of aromatic nitrogens is 3. The summed E-state index contributed by atoms with van der Waals surface area (Å²) >= 11 is 0. The van der Waals surface area contributed by atoms with Gasteiger partial charge in [-0.2, -0.15) is 0 Å². The number of imidazole rings is 1. The highest BCUT2D eigenvalue weighted by Crippen LogP contribution is 2.27. The number of aromatic amines is 1. The van der Waals surface area contributed by atoms with E-state index in [0.29, 0.717) is 22.9 Å². The van der Waals surface area contributed by atoms with Crippen LogP contribution in [-0.2, 0) is 6.54 Å². The van der Waals surface area contributed by atoms with Crippen LogP contribution in [-0.4, -0.2) is 64.0 Å². The summed E-state index contributed by atoms with van der Waals surface area (Å²) in [7, 11) is 4.12. The number of hydrogen-bond donors (Lipinski definition) is 1. The quantitative estimate of drug-likeness (QED) is 0.722. The summed E-state index contributed by atoms with van der Waals surface area (Å²) in [5.74, 6) is 1.24. The van der Waals surface area contributed by atoms with Gasteiger partial charge >= 0.3 is 0 Å². The van der Waals surface area contributed by atoms with Crippen molar-refractivity contribution in [1.82, 2.24) is 24.3 Å². The number of pyridine rings is 1. The van der Waals surface area contributed by atoms with Gasteiger partial charge in [-0.05, 0) is 33.0 Å². The molecule has 152 valence electrons. The van der Waals surface area contributed by atoms with Gasteiger partial charge in [0.1, 0.15) is 5.82 Å². The molecule has 1 atom stereocenters. The molecule has 1 unspecified atom stereocenters. The predicted octanol–water partition coefficient (Wildman–Crippen LogP) is 2.31. The van der Waals surface area contributed by atoms with Crippen molar-refractivity contribution in [3.63, 3.8) is 0 Å². The van der Waals surface area contributed by atoms with Gasteiger partial charge in [0.05, 0.1) is 5.56 Å². The summed E-state index contributed by atoms with van der Waals surface area (Å²) < 4.78 is 2.20. The lowest BCUT2D eigenvalue weighted by atomic mass is 9.96. The van der Waals surface area contributed by atoms with Gasteiger partial charge in [-0.25, -0.2) is 4.98 Å². The molecule has 0 radical (unpaired) electrons. The third-order valence-electron chi connectivity index (χ3n) is 5.65. The van der Waals surface area contributed by atoms with Gasteiger partial charge in [0.2, 0.25) is 0 Å². The largest absolute Gasteiger partial charge is 0.338 e. The van der Waals surface area contributed by atoms with Gasteiger partial charge in [-0.3, -0.25) is 9.59 Å². The lowest BCUT2D eigenvalue weighted by Gasteiger charge is -2.33. The van der Waals surface area contributed by atoms with Gasteiger partial charge in [-0.15, -0.1) is 0 Å². The molecule has 1 aliphatic rings. The van der Waals surface area contributed by atoms with E-state index in [1.165, 1.54) is 0 Å². The molecule has 0 bridgehead atoms. The molecule has 7 heteroatoms. The highest BCUT2D eigenvalue weighted by molar-refractivity contribution is 6.06. The fraction of sp³-hybridized carbons (Fsp3) is 0.409. The Hall–Kier alpha value is -2.93. The predicted molar refractivity (Wildman–Crippen MR) is 113 cm³/mol. The Morgan fingerprint density at radius 1 is 1.28 bits per heavy atom. The van der Waals surface area contributed by atoms with Crippen LogP contribution in [0.15, 0.2) is 47.7 Å². The van der Waals surface area contributed by atoms with Crippen molar-refractivity contribution in [2.45, 2.75) is 25.3 Å². The van der Waals surface area contributed by atoms with Gasteiger partial charge in [0, 0.05) is 61.5 Å². The number of hydrogen-bond acceptors (Lipinski definition) is 4. The Labute approximate surface area is 170 Å². The molecule has 1 saturated heterocycles. The van der Waals surface area contributed by atoms with E-state index < -0.39 is 0 Å². The maximum Gasteiger partial charge on any atom is 0.255 e. The van der Waals surface area contributed by atoms with E-state index in [9.17, 15) is 9.59 Å². The Kier molecular flexibility index (Phi) is 5.49. The molecular weight excluding hydrogens is 366 g/mol. The van der Waals surface area contributed by atoms with Crippen molar-refractivity contribution in [3.05, 3.63) is 64.6 Å². The van der Waals surface area contributed by atoms with Crippen molar-refractivity contribution in [1.29, 1.82) is 0 Å². The van der Waals surface area contributed by atoms with E-state index in [4.69, 9.17) is 0 Å². The first-order valence-electron chi connectivity index (χ1n) is 10.1. The number of amides is 1. The SMILES string of the molecule is CN(C)CCn1ccnc1C1CCCN(C(=O)c2c[nH]c(=O)c3ccccc23)C1. The minimum Gasteiger partial charge on any atom is -0.338 e. The molecule has 4 rings (SSSR count). The molecule has 0 spiro atoms. The number of fused-ring (bicyclic) bond motifs is 1. The number of benzene rings is 1. The number of nitrogens with zero attached hydrogens (tertiary/aromatic N) is 4. The van der Waals surface area contributed by atoms with E-state index in [1.807, 2.05) is 35.5 Å². The minimum absolute atomic E-state index is 0.0338. The number of carbonyl (C=O) groups excluding carboxylic acids is 1. The van der Waals surface area contributed by atoms with Crippen LogP contribution in [0.4, 0.5) is 0 Å². The minimum atomic E-state index is -0.170. The molecule has 1 amide bonds. The molecule has 0 saturated carbocycles. The second-order valence-electron chi connectivity index (χ2n) is 7.95. The first-order valence-corrected chi connectivity index (χ1v) is 10.1. The summed E-state index contributed by atoms with van der Waals surface area (Å²) in [4.78, 5) is 36.8. The van der Waals surface area contributed by atoms with E-state index in [0.717, 1.165) is 38.3 Å². The highest BCUT2D eigenvalue weighted by atomic mass is 16.2. The summed E-state index contributed by atoms with van der Waals surface area (Å²) in [6, 6.07) is 7.27. The zero-order valence-corrected chi connectivity index (χ0v) is 17.0. The molecule has 1 aromatic carbocycles. The number of carbonyl (C=O) groups is 1. The average molecular weight is 393 g/mol. The van der Waals surface area contributed by atoms with Gasteiger partial charge in [0.25, 0.3) is 11.5 Å². The second-order valence-corrected chi connectivity index (χ2v) is 7.95. The average Bonchev–Trinajstić information content (AvgIpc) is 3.21. The van der Waals surface area contributed by atoms with Crippen molar-refractivity contribution < 1.29 is 4.79 Å². The second kappa shape index (κ2) is 8.21. The molecule has 1 N–H and O–H groups in total. The smallest absolute Gasteiger partial charge is 0.255 e. The molecule has 2 aromatic heterocycles. The Morgan fingerprint density at radius 2 is 2.07 bits per heavy atom. The number of likely N-dealkylation sites (tertiary alicyclic amines) is 1. The number of rotatable bonds is 5. The lowest BCUT2D eigenvalue weighted by molar-refractivity contribution is 0.0704. The number of likely N-dealkylation sites (N-methyl/N-ethyl adjacent to an activating group) is 1. The van der Waals surface area contributed by atoms with Gasteiger partial charge in [0.15, 0.2) is 0 Å². The fourth-order valence-corrected chi connectivity index (χ4v) is 4.11. The number of piperidine rings is 1. The lowest BCUT2D eigenvalue weighted by Crippen LogP contribution is -2.40. The highest BCUT2D eigenvalue weighted by Gasteiger charge is 2.29. The molecule has 3 aromatic rings. The van der Waals surface area contributed by atoms with Crippen molar-refractivity contribution >= 4 is 16.7 Å². The third-order valence-corrected chi connectivity index (χ3v) is 5.65. The van der Waals surface area contributed by atoms with Gasteiger partial charge in [-0.1, -0.05) is 18.2 Å². The van der Waals surface area contributed by atoms with Crippen molar-refractivity contribution in [2.75, 3.05) is 33.7 Å². The van der Waals surface area contributed by atoms with E-state index in [2.05, 4.69) is 33.5 Å². The van der Waals surface area contributed by atoms with Crippen LogP contribution in [0, 0.1) is 0 Å². The van der Waals surface area contributed by atoms with Crippen LogP contribution >= 0.6 is 0 Å². The van der Waals surface area contributed by atoms with Crippen LogP contribution in [0.3, 0.4) is 0 Å². The topological polar surface area (TPSA) is 74.2 Å². The maximum absolute atomic E-state index is 13.3. The molecule has 1 aliphatic heterocycles. The molecular formula is C22H27N5O2. The first-order chi connectivity index (χ1) is 14.0. The molecule has 1 fully saturated rings. The van der Waals surface area contributed by atoms with Crippen molar-refractivity contribution in [3.8, 4) is 0 Å². The van der Waals surface area contributed by atoms with Crippen LogP contribution in [0.5, 0.6) is 0 Å². The Balaban J connectivity index is 1.57. The summed E-state index contributed by atoms with van der Waals surface area (Å²) in [5.41, 5.74) is 0.383. The fourth-order valence-electron chi connectivity index (χ4n) is 4.11. The summed E-state index contributed by atoms with van der Waals surface area (Å²) in [6.45, 7) is 3.20. The van der Waals surface area contributed by atoms with E-state index in [1.54, 1.807) is 12.3 Å². The van der Waals surface area contributed by atoms with Crippen LogP contribution in [0.1, 0.15) is 34.9 Å². The zero-order chi connectivity index (χ0) is 20.4. The Morgan fingerprint density at radius 3 is 2.86 bits per heavy atom. The normalized spacial score (nSPS) is 17.2. The van der Waals surface area contributed by atoms with Crippen LogP contribution < -0.4 is 5.56 Å². The molecule has 29 heavy (non-hydrogen) atoms. The van der Waals surface area contributed by atoms with E-state index >= 15 is 0 Å². The van der Waals surface area contributed by atoms with E-state index in [-0.39, 0.29) is 17.4 Å². The van der Waals surface area contributed by atoms with Gasteiger partial charge < -0.3 is 19.4 Å². The monoisotopic (exact) mass is 393 g/mol. The molecule has 3 heterocycles. The standard InChI is InChI=1S/C22H27N5O2/c1-25(2)12-13-26-11-9-23-20(26)16-6-5-10-27(15-16)22(29)19-14-24-21(28)18-8-4-3-7-17(18)19/h3-4,7-9,11,14,16H,5-6,10,12-13,15H2,1-2H3,(H,24,28). The van der Waals surface area contributed by atoms with Crippen LogP contribution in [0.2, 0.25) is 0 Å². The number of H-pyrrole nitrogens is 1. The third kappa shape index (κ3) is 3.96. The molecule has 0 aliphatic carbocycles. The van der Waals surface area contributed by atoms with Crippen LogP contribution in [0.25, 0.3) is 10.8 Å². The zero-order valence-electron chi connectivity index (χ0n) is 17.0. The number of nitrogens with one attached hydrogen (secondary N) is 1. The Bertz CT molecular complexity index is 1070. The van der Waals surface area contributed by atoms with Crippen molar-refractivity contribution in [2.24, 2.45) is 0 Å². The molecule has 7 nitrogen and oxygen atoms in total. The maximum atomic E-state index is 13.3. The summed E-state index contributed by atoms with van der Waals surface area (Å²) in [5, 5.41) is 1.25. The first kappa shape index (κ1) is 19.4. The summed E-state index contributed by atoms with van der Waals surface area (Å²) in [6.07, 6.45) is 7.39.